The van der Waals surface area contributed by atoms with Gasteiger partial charge in [0, 0.05) is 13.2 Å². The first-order chi connectivity index (χ1) is 8.02. The molecule has 17 heavy (non-hydrogen) atoms. The molecule has 0 aromatic rings. The van der Waals surface area contributed by atoms with Crippen molar-refractivity contribution in [1.82, 2.24) is 4.90 Å². The van der Waals surface area contributed by atoms with Crippen LogP contribution >= 0.6 is 0 Å². The van der Waals surface area contributed by atoms with Gasteiger partial charge in [0.25, 0.3) is 0 Å². The first kappa shape index (κ1) is 16.8. The molecule has 1 N–H and O–H groups in total. The van der Waals surface area contributed by atoms with Gasteiger partial charge < -0.3 is 14.6 Å². The molecule has 0 bridgehead atoms. The summed E-state index contributed by atoms with van der Waals surface area (Å²) in [6, 6.07) is 0. The van der Waals surface area contributed by atoms with Crippen LogP contribution in [0.4, 0.5) is 0 Å². The van der Waals surface area contributed by atoms with Gasteiger partial charge in [0.05, 0.1) is 0 Å². The highest BCUT2D eigenvalue weighted by molar-refractivity contribution is 4.63. The molecule has 0 amide bonds. The molecule has 0 fully saturated rings. The molecule has 0 radical (unpaired) electrons. The van der Waals surface area contributed by atoms with Gasteiger partial charge in [-0.3, -0.25) is 0 Å². The van der Waals surface area contributed by atoms with E-state index in [0.29, 0.717) is 13.5 Å². The highest BCUT2D eigenvalue weighted by Gasteiger charge is 2.23. The van der Waals surface area contributed by atoms with Gasteiger partial charge in [-0.25, -0.2) is 4.90 Å². The Morgan fingerprint density at radius 2 is 1.35 bits per heavy atom. The second kappa shape index (κ2) is 9.83. The van der Waals surface area contributed by atoms with Crippen LogP contribution in [-0.2, 0) is 9.47 Å². The van der Waals surface area contributed by atoms with Gasteiger partial charge in [-0.15, -0.1) is 0 Å². The lowest BCUT2D eigenvalue weighted by atomic mass is 10.3. The molecule has 0 aliphatic heterocycles. The second-order valence-corrected chi connectivity index (χ2v) is 4.82. The molecule has 0 heterocycles. The maximum Gasteiger partial charge on any atom is 0.116 e. The molecule has 0 saturated carbocycles. The van der Waals surface area contributed by atoms with Crippen LogP contribution in [0.1, 0.15) is 53.4 Å². The van der Waals surface area contributed by atoms with Crippen molar-refractivity contribution in [3.8, 4) is 0 Å². The molecule has 4 heteroatoms. The molecule has 0 aliphatic carbocycles. The van der Waals surface area contributed by atoms with Crippen LogP contribution in [-0.4, -0.2) is 42.4 Å². The molecule has 4 nitrogen and oxygen atoms in total. The Morgan fingerprint density at radius 1 is 0.941 bits per heavy atom. The number of aliphatic hydroxyl groups is 1. The van der Waals surface area contributed by atoms with Gasteiger partial charge in [0.1, 0.15) is 19.2 Å². The summed E-state index contributed by atoms with van der Waals surface area (Å²) in [4.78, 5) is 1.79. The number of hydrogen-bond acceptors (Lipinski definition) is 4. The van der Waals surface area contributed by atoms with Crippen LogP contribution in [0.25, 0.3) is 0 Å². The summed E-state index contributed by atoms with van der Waals surface area (Å²) in [6.45, 7) is 10.1. The molecule has 0 atom stereocenters. The Morgan fingerprint density at radius 3 is 1.65 bits per heavy atom. The SMILES string of the molecule is CCCCOCN(COCCCC)C(C)(C)O. The van der Waals surface area contributed by atoms with Crippen LogP contribution in [0.15, 0.2) is 0 Å². The van der Waals surface area contributed by atoms with Crippen molar-refractivity contribution >= 4 is 0 Å². The molecule has 0 aliphatic rings. The molecule has 104 valence electrons. The fraction of sp³-hybridized carbons (Fsp3) is 1.00. The monoisotopic (exact) mass is 247 g/mol. The van der Waals surface area contributed by atoms with Crippen molar-refractivity contribution in [2.75, 3.05) is 26.7 Å². The Balaban J connectivity index is 3.81. The van der Waals surface area contributed by atoms with E-state index in [-0.39, 0.29) is 0 Å². The zero-order valence-corrected chi connectivity index (χ0v) is 11.9. The summed E-state index contributed by atoms with van der Waals surface area (Å²) in [7, 11) is 0. The minimum Gasteiger partial charge on any atom is -0.376 e. The summed E-state index contributed by atoms with van der Waals surface area (Å²) >= 11 is 0. The maximum atomic E-state index is 9.96. The smallest absolute Gasteiger partial charge is 0.116 e. The van der Waals surface area contributed by atoms with E-state index in [2.05, 4.69) is 13.8 Å². The normalized spacial score (nSPS) is 12.4. The van der Waals surface area contributed by atoms with Crippen LogP contribution < -0.4 is 0 Å². The number of hydrogen-bond donors (Lipinski definition) is 1. The Bertz CT molecular complexity index is 157. The fourth-order valence-corrected chi connectivity index (χ4v) is 1.20. The summed E-state index contributed by atoms with van der Waals surface area (Å²) < 4.78 is 11.0. The molecule has 0 rings (SSSR count). The van der Waals surface area contributed by atoms with E-state index in [1.807, 2.05) is 0 Å². The van der Waals surface area contributed by atoms with Gasteiger partial charge in [-0.1, -0.05) is 26.7 Å². The molecular formula is C13H29NO3. The van der Waals surface area contributed by atoms with Gasteiger partial charge in [-0.2, -0.15) is 0 Å². The maximum absolute atomic E-state index is 9.96. The second-order valence-electron chi connectivity index (χ2n) is 4.82. The minimum absolute atomic E-state index is 0.412. The molecule has 0 unspecified atom stereocenters. The van der Waals surface area contributed by atoms with E-state index in [9.17, 15) is 5.11 Å². The number of nitrogens with zero attached hydrogens (tertiary/aromatic N) is 1. The zero-order chi connectivity index (χ0) is 13.1. The Hall–Kier alpha value is -0.160. The van der Waals surface area contributed by atoms with Crippen molar-refractivity contribution in [1.29, 1.82) is 0 Å². The van der Waals surface area contributed by atoms with Crippen LogP contribution in [0.5, 0.6) is 0 Å². The molecular weight excluding hydrogens is 218 g/mol. The lowest BCUT2D eigenvalue weighted by Crippen LogP contribution is -2.46. The van der Waals surface area contributed by atoms with Crippen LogP contribution in [0, 0.1) is 0 Å². The third-order valence-electron chi connectivity index (χ3n) is 2.55. The fourth-order valence-electron chi connectivity index (χ4n) is 1.20. The summed E-state index contributed by atoms with van der Waals surface area (Å²) in [5.74, 6) is 0. The summed E-state index contributed by atoms with van der Waals surface area (Å²) in [5.41, 5.74) is -0.904. The molecule has 0 spiro atoms. The number of ether oxygens (including phenoxy) is 2. The zero-order valence-electron chi connectivity index (χ0n) is 11.9. The van der Waals surface area contributed by atoms with E-state index < -0.39 is 5.72 Å². The highest BCUT2D eigenvalue weighted by Crippen LogP contribution is 2.10. The van der Waals surface area contributed by atoms with Crippen molar-refractivity contribution < 1.29 is 14.6 Å². The molecule has 0 saturated heterocycles. The van der Waals surface area contributed by atoms with Crippen molar-refractivity contribution in [2.24, 2.45) is 0 Å². The van der Waals surface area contributed by atoms with E-state index in [4.69, 9.17) is 9.47 Å². The lowest BCUT2D eigenvalue weighted by molar-refractivity contribution is -0.170. The van der Waals surface area contributed by atoms with Gasteiger partial charge in [-0.05, 0) is 26.7 Å². The topological polar surface area (TPSA) is 41.9 Å². The van der Waals surface area contributed by atoms with Crippen molar-refractivity contribution in [2.45, 2.75) is 59.1 Å². The Kier molecular flexibility index (Phi) is 9.74. The minimum atomic E-state index is -0.904. The van der Waals surface area contributed by atoms with Gasteiger partial charge in [0.2, 0.25) is 0 Å². The van der Waals surface area contributed by atoms with Gasteiger partial charge >= 0.3 is 0 Å². The average Bonchev–Trinajstić information content (AvgIpc) is 2.25. The van der Waals surface area contributed by atoms with Crippen LogP contribution in [0.3, 0.4) is 0 Å². The molecule has 0 aromatic carbocycles. The standard InChI is InChI=1S/C13H29NO3/c1-5-7-9-16-11-14(13(3,4)15)12-17-10-8-6-2/h15H,5-12H2,1-4H3. The third kappa shape index (κ3) is 9.53. The summed E-state index contributed by atoms with van der Waals surface area (Å²) in [6.07, 6.45) is 4.35. The van der Waals surface area contributed by atoms with Crippen molar-refractivity contribution in [3.05, 3.63) is 0 Å². The summed E-state index contributed by atoms with van der Waals surface area (Å²) in [5, 5.41) is 9.96. The van der Waals surface area contributed by atoms with E-state index in [0.717, 1.165) is 38.9 Å². The lowest BCUT2D eigenvalue weighted by Gasteiger charge is -2.33. The van der Waals surface area contributed by atoms with Crippen LogP contribution in [0.2, 0.25) is 0 Å². The van der Waals surface area contributed by atoms with E-state index >= 15 is 0 Å². The first-order valence-corrected chi connectivity index (χ1v) is 6.65. The van der Waals surface area contributed by atoms with E-state index in [1.54, 1.807) is 18.7 Å². The third-order valence-corrected chi connectivity index (χ3v) is 2.55. The van der Waals surface area contributed by atoms with E-state index in [1.165, 1.54) is 0 Å². The quantitative estimate of drug-likeness (QED) is 0.450. The number of rotatable bonds is 11. The number of unbranched alkanes of at least 4 members (excludes halogenated alkanes) is 2. The molecule has 0 aromatic heterocycles. The Labute approximate surface area is 106 Å². The first-order valence-electron chi connectivity index (χ1n) is 6.65. The predicted molar refractivity (Wildman–Crippen MR) is 69.6 cm³/mol. The predicted octanol–water partition coefficient (Wildman–Crippen LogP) is 2.57. The highest BCUT2D eigenvalue weighted by atomic mass is 16.5. The van der Waals surface area contributed by atoms with Crippen molar-refractivity contribution in [3.63, 3.8) is 0 Å². The largest absolute Gasteiger partial charge is 0.376 e. The average molecular weight is 247 g/mol. The van der Waals surface area contributed by atoms with Gasteiger partial charge in [0.15, 0.2) is 0 Å².